The van der Waals surface area contributed by atoms with Crippen LogP contribution in [0.25, 0.3) is 11.3 Å². The number of nitro benzene ring substituents is 1. The summed E-state index contributed by atoms with van der Waals surface area (Å²) in [6.07, 6.45) is 1.33. The second-order valence-corrected chi connectivity index (χ2v) is 6.94. The van der Waals surface area contributed by atoms with Gasteiger partial charge in [-0.05, 0) is 55.3 Å². The van der Waals surface area contributed by atoms with E-state index in [1.54, 1.807) is 12.1 Å². The number of hydrogen-bond donors (Lipinski definition) is 1. The molecule has 30 heavy (non-hydrogen) atoms. The van der Waals surface area contributed by atoms with E-state index in [0.717, 1.165) is 11.1 Å². The number of amides is 1. The van der Waals surface area contributed by atoms with Crippen molar-refractivity contribution in [3.8, 4) is 17.1 Å². The van der Waals surface area contributed by atoms with Crippen molar-refractivity contribution >= 4 is 29.4 Å². The second-order valence-electron chi connectivity index (χ2n) is 6.53. The van der Waals surface area contributed by atoms with E-state index in [1.165, 1.54) is 24.4 Å². The normalized spacial score (nSPS) is 10.9. The van der Waals surface area contributed by atoms with Crippen molar-refractivity contribution in [2.24, 2.45) is 5.10 Å². The van der Waals surface area contributed by atoms with Gasteiger partial charge in [-0.3, -0.25) is 14.9 Å². The van der Waals surface area contributed by atoms with Gasteiger partial charge < -0.3 is 9.15 Å². The highest BCUT2D eigenvalue weighted by molar-refractivity contribution is 6.33. The maximum Gasteiger partial charge on any atom is 0.277 e. The van der Waals surface area contributed by atoms with Crippen molar-refractivity contribution in [1.29, 1.82) is 0 Å². The van der Waals surface area contributed by atoms with Crippen LogP contribution in [0.15, 0.2) is 58.0 Å². The Morgan fingerprint density at radius 1 is 1.20 bits per heavy atom. The first-order valence-electron chi connectivity index (χ1n) is 8.89. The average molecular weight is 428 g/mol. The van der Waals surface area contributed by atoms with Gasteiger partial charge in [-0.25, -0.2) is 5.43 Å². The Bertz CT molecular complexity index is 1100. The summed E-state index contributed by atoms with van der Waals surface area (Å²) in [6.45, 7) is 3.72. The van der Waals surface area contributed by atoms with Crippen LogP contribution in [0.4, 0.5) is 5.69 Å². The molecular weight excluding hydrogens is 410 g/mol. The molecule has 0 aliphatic rings. The molecule has 1 N–H and O–H groups in total. The Morgan fingerprint density at radius 2 is 1.93 bits per heavy atom. The first-order chi connectivity index (χ1) is 14.3. The van der Waals surface area contributed by atoms with Crippen LogP contribution in [-0.4, -0.2) is 23.7 Å². The number of aryl methyl sites for hydroxylation is 2. The lowest BCUT2D eigenvalue weighted by Crippen LogP contribution is -2.24. The van der Waals surface area contributed by atoms with Gasteiger partial charge in [0.25, 0.3) is 11.6 Å². The van der Waals surface area contributed by atoms with Crippen molar-refractivity contribution in [1.82, 2.24) is 5.43 Å². The molecule has 3 aromatic rings. The van der Waals surface area contributed by atoms with Crippen molar-refractivity contribution < 1.29 is 18.9 Å². The van der Waals surface area contributed by atoms with E-state index in [2.05, 4.69) is 10.5 Å². The number of benzene rings is 2. The molecule has 0 saturated carbocycles. The summed E-state index contributed by atoms with van der Waals surface area (Å²) in [5.74, 6) is 0.980. The number of halogens is 1. The van der Waals surface area contributed by atoms with Crippen LogP contribution in [0.1, 0.15) is 16.9 Å². The minimum Gasteiger partial charge on any atom is -0.484 e. The number of carbonyl (C=O) groups excluding carboxylic acids is 1. The number of nitro groups is 1. The van der Waals surface area contributed by atoms with Crippen LogP contribution >= 0.6 is 11.6 Å². The average Bonchev–Trinajstić information content (AvgIpc) is 3.14. The minimum atomic E-state index is -0.525. The molecule has 0 bridgehead atoms. The molecule has 8 nitrogen and oxygen atoms in total. The van der Waals surface area contributed by atoms with Gasteiger partial charge in [-0.15, -0.1) is 0 Å². The number of carbonyl (C=O) groups is 1. The molecular formula is C21H18ClN3O5. The predicted molar refractivity (Wildman–Crippen MR) is 113 cm³/mol. The molecule has 0 aliphatic heterocycles. The molecule has 3 rings (SSSR count). The first kappa shape index (κ1) is 21.1. The molecule has 0 atom stereocenters. The summed E-state index contributed by atoms with van der Waals surface area (Å²) >= 11 is 6.10. The topological polar surface area (TPSA) is 107 Å². The van der Waals surface area contributed by atoms with Crippen LogP contribution in [0, 0.1) is 24.0 Å². The molecule has 0 saturated heterocycles. The fraction of sp³-hybridized carbons (Fsp3) is 0.143. The molecule has 154 valence electrons. The molecule has 0 unspecified atom stereocenters. The van der Waals surface area contributed by atoms with Crippen molar-refractivity contribution in [2.45, 2.75) is 13.8 Å². The quantitative estimate of drug-likeness (QED) is 0.335. The van der Waals surface area contributed by atoms with Crippen LogP contribution in [0.3, 0.4) is 0 Å². The van der Waals surface area contributed by atoms with Crippen molar-refractivity contribution in [3.05, 3.63) is 80.6 Å². The lowest BCUT2D eigenvalue weighted by molar-refractivity contribution is -0.384. The van der Waals surface area contributed by atoms with E-state index in [4.69, 9.17) is 20.8 Å². The number of hydrogen-bond acceptors (Lipinski definition) is 6. The van der Waals surface area contributed by atoms with Gasteiger partial charge >= 0.3 is 0 Å². The third kappa shape index (κ3) is 5.45. The first-order valence-corrected chi connectivity index (χ1v) is 9.27. The summed E-state index contributed by atoms with van der Waals surface area (Å²) in [7, 11) is 0. The monoisotopic (exact) mass is 427 g/mol. The van der Waals surface area contributed by atoms with E-state index < -0.39 is 10.8 Å². The zero-order chi connectivity index (χ0) is 21.7. The van der Waals surface area contributed by atoms with Crippen LogP contribution < -0.4 is 10.2 Å². The third-order valence-corrected chi connectivity index (χ3v) is 4.31. The van der Waals surface area contributed by atoms with Crippen molar-refractivity contribution in [2.75, 3.05) is 6.61 Å². The number of nitrogens with one attached hydrogen (secondary N) is 1. The Labute approximate surface area is 177 Å². The zero-order valence-corrected chi connectivity index (χ0v) is 17.0. The Kier molecular flexibility index (Phi) is 6.48. The Hall–Kier alpha value is -3.65. The number of furan rings is 1. The second kappa shape index (κ2) is 9.23. The zero-order valence-electron chi connectivity index (χ0n) is 16.2. The number of non-ortho nitro benzene ring substituents is 1. The number of ether oxygens (including phenoxy) is 1. The van der Waals surface area contributed by atoms with Gasteiger partial charge in [0.15, 0.2) is 6.61 Å². The van der Waals surface area contributed by atoms with E-state index in [-0.39, 0.29) is 17.3 Å². The third-order valence-electron chi connectivity index (χ3n) is 4.00. The van der Waals surface area contributed by atoms with E-state index in [1.807, 2.05) is 32.0 Å². The van der Waals surface area contributed by atoms with Gasteiger partial charge in [0.2, 0.25) is 0 Å². The summed E-state index contributed by atoms with van der Waals surface area (Å²) < 4.78 is 11.1. The van der Waals surface area contributed by atoms with E-state index >= 15 is 0 Å². The fourth-order valence-electron chi connectivity index (χ4n) is 2.75. The van der Waals surface area contributed by atoms with Gasteiger partial charge in [0.05, 0.1) is 16.2 Å². The minimum absolute atomic E-state index is 0.108. The van der Waals surface area contributed by atoms with Crippen LogP contribution in [-0.2, 0) is 4.79 Å². The van der Waals surface area contributed by atoms with Crippen molar-refractivity contribution in [3.63, 3.8) is 0 Å². The number of rotatable bonds is 7. The standard InChI is InChI=1S/C21H18ClN3O5/c1-13-7-14(2)9-17(8-13)29-12-21(26)24-23-11-16-4-6-20(30-16)18-5-3-15(25(27)28)10-19(18)22/h3-11H,12H2,1-2H3,(H,24,26)/b23-11+. The fourth-order valence-corrected chi connectivity index (χ4v) is 3.02. The number of hydrazone groups is 1. The maximum atomic E-state index is 11.9. The Balaban J connectivity index is 1.56. The highest BCUT2D eigenvalue weighted by atomic mass is 35.5. The molecule has 0 aliphatic carbocycles. The molecule has 9 heteroatoms. The molecule has 0 spiro atoms. The van der Waals surface area contributed by atoms with Crippen LogP contribution in [0.2, 0.25) is 5.02 Å². The molecule has 2 aromatic carbocycles. The van der Waals surface area contributed by atoms with Gasteiger partial charge in [-0.2, -0.15) is 5.10 Å². The van der Waals surface area contributed by atoms with E-state index in [9.17, 15) is 14.9 Å². The molecule has 1 aromatic heterocycles. The molecule has 1 heterocycles. The summed E-state index contributed by atoms with van der Waals surface area (Å²) in [6, 6.07) is 13.1. The lowest BCUT2D eigenvalue weighted by atomic mass is 10.1. The summed E-state index contributed by atoms with van der Waals surface area (Å²) in [4.78, 5) is 22.2. The smallest absolute Gasteiger partial charge is 0.277 e. The Morgan fingerprint density at radius 3 is 2.60 bits per heavy atom. The molecule has 0 radical (unpaired) electrons. The maximum absolute atomic E-state index is 11.9. The largest absolute Gasteiger partial charge is 0.484 e. The summed E-state index contributed by atoms with van der Waals surface area (Å²) in [5.41, 5.74) is 4.85. The lowest BCUT2D eigenvalue weighted by Gasteiger charge is -2.07. The predicted octanol–water partition coefficient (Wildman–Crippen LogP) is 4.65. The highest BCUT2D eigenvalue weighted by Gasteiger charge is 2.13. The van der Waals surface area contributed by atoms with Gasteiger partial charge in [0, 0.05) is 17.7 Å². The SMILES string of the molecule is Cc1cc(C)cc(OCC(=O)N/N=C/c2ccc(-c3ccc([N+](=O)[O-])cc3Cl)o2)c1. The molecule has 0 fully saturated rings. The van der Waals surface area contributed by atoms with Gasteiger partial charge in [0.1, 0.15) is 17.3 Å². The van der Waals surface area contributed by atoms with E-state index in [0.29, 0.717) is 22.8 Å². The van der Waals surface area contributed by atoms with Crippen LogP contribution in [0.5, 0.6) is 5.75 Å². The highest BCUT2D eigenvalue weighted by Crippen LogP contribution is 2.32. The number of nitrogens with zero attached hydrogens (tertiary/aromatic N) is 2. The van der Waals surface area contributed by atoms with Gasteiger partial charge in [-0.1, -0.05) is 17.7 Å². The molecule has 1 amide bonds. The summed E-state index contributed by atoms with van der Waals surface area (Å²) in [5, 5.41) is 14.8.